The van der Waals surface area contributed by atoms with Crippen LogP contribution in [0.2, 0.25) is 0 Å². The van der Waals surface area contributed by atoms with Crippen molar-refractivity contribution in [2.75, 3.05) is 17.2 Å². The molecule has 158 valence electrons. The van der Waals surface area contributed by atoms with Crippen LogP contribution in [0.1, 0.15) is 22.2 Å². The Labute approximate surface area is 182 Å². The average Bonchev–Trinajstić information content (AvgIpc) is 3.29. The van der Waals surface area contributed by atoms with Crippen LogP contribution in [0, 0.1) is 0 Å². The number of amides is 3. The number of carbonyl (C=O) groups excluding carboxylic acids is 3. The van der Waals surface area contributed by atoms with Crippen LogP contribution in [-0.2, 0) is 9.59 Å². The molecule has 8 nitrogen and oxygen atoms in total. The Balaban J connectivity index is 1.62. The maximum Gasteiger partial charge on any atom is 0.329 e. The van der Waals surface area contributed by atoms with Crippen LogP contribution < -0.4 is 20.8 Å². The molecule has 0 bridgehead atoms. The third-order valence-electron chi connectivity index (χ3n) is 3.95. The molecule has 0 radical (unpaired) electrons. The van der Waals surface area contributed by atoms with E-state index in [0.717, 1.165) is 4.88 Å². The van der Waals surface area contributed by atoms with Gasteiger partial charge in [-0.2, -0.15) is 5.10 Å². The van der Waals surface area contributed by atoms with Crippen LogP contribution >= 0.6 is 11.3 Å². The largest absolute Gasteiger partial charge is 0.494 e. The molecule has 0 aliphatic carbocycles. The second kappa shape index (κ2) is 10.7. The molecule has 0 spiro atoms. The van der Waals surface area contributed by atoms with Gasteiger partial charge in [-0.3, -0.25) is 14.4 Å². The van der Waals surface area contributed by atoms with E-state index in [0.29, 0.717) is 18.0 Å². The van der Waals surface area contributed by atoms with Crippen molar-refractivity contribution < 1.29 is 19.1 Å². The molecule has 1 heterocycles. The minimum Gasteiger partial charge on any atom is -0.494 e. The van der Waals surface area contributed by atoms with E-state index in [2.05, 4.69) is 21.2 Å². The summed E-state index contributed by atoms with van der Waals surface area (Å²) in [7, 11) is 0. The van der Waals surface area contributed by atoms with Crippen molar-refractivity contribution in [1.29, 1.82) is 0 Å². The van der Waals surface area contributed by atoms with Crippen molar-refractivity contribution in [2.24, 2.45) is 5.10 Å². The third-order valence-corrected chi connectivity index (χ3v) is 4.76. The maximum atomic E-state index is 12.7. The van der Waals surface area contributed by atoms with Crippen LogP contribution in [0.15, 0.2) is 71.1 Å². The van der Waals surface area contributed by atoms with Gasteiger partial charge in [0, 0.05) is 10.6 Å². The van der Waals surface area contributed by atoms with E-state index in [1.807, 2.05) is 24.4 Å². The molecule has 3 amide bonds. The Kier molecular flexibility index (Phi) is 7.50. The summed E-state index contributed by atoms with van der Waals surface area (Å²) < 4.78 is 5.38. The van der Waals surface area contributed by atoms with Crippen LogP contribution in [0.4, 0.5) is 11.4 Å². The van der Waals surface area contributed by atoms with Crippen molar-refractivity contribution in [2.45, 2.75) is 6.92 Å². The molecule has 0 unspecified atom stereocenters. The first-order valence-electron chi connectivity index (χ1n) is 9.38. The van der Waals surface area contributed by atoms with Gasteiger partial charge in [-0.15, -0.1) is 11.3 Å². The molecule has 31 heavy (non-hydrogen) atoms. The fourth-order valence-electron chi connectivity index (χ4n) is 2.54. The number of thiophene rings is 1. The van der Waals surface area contributed by atoms with E-state index >= 15 is 0 Å². The second-order valence-corrected chi connectivity index (χ2v) is 7.11. The monoisotopic (exact) mass is 436 g/mol. The van der Waals surface area contributed by atoms with E-state index in [-0.39, 0.29) is 11.3 Å². The summed E-state index contributed by atoms with van der Waals surface area (Å²) in [6.45, 7) is 2.43. The predicted octanol–water partition coefficient (Wildman–Crippen LogP) is 3.49. The first-order valence-corrected chi connectivity index (χ1v) is 10.3. The van der Waals surface area contributed by atoms with Gasteiger partial charge in [0.05, 0.1) is 24.1 Å². The SMILES string of the molecule is CCOc1ccc(NC(=O)c2ccccc2NC(=O)C(=O)NN=Cc2cccs2)cc1. The number of hydrogen-bond acceptors (Lipinski definition) is 6. The molecule has 3 N–H and O–H groups in total. The smallest absolute Gasteiger partial charge is 0.329 e. The van der Waals surface area contributed by atoms with E-state index in [1.165, 1.54) is 23.6 Å². The zero-order valence-electron chi connectivity index (χ0n) is 16.6. The van der Waals surface area contributed by atoms with Crippen molar-refractivity contribution in [3.8, 4) is 5.75 Å². The Hall–Kier alpha value is -3.98. The van der Waals surface area contributed by atoms with E-state index < -0.39 is 17.7 Å². The molecule has 3 aromatic rings. The summed E-state index contributed by atoms with van der Waals surface area (Å²) in [5.41, 5.74) is 3.13. The van der Waals surface area contributed by atoms with Crippen molar-refractivity contribution in [3.05, 3.63) is 76.5 Å². The normalized spacial score (nSPS) is 10.5. The first kappa shape index (κ1) is 21.7. The minimum absolute atomic E-state index is 0.202. The molecule has 3 rings (SSSR count). The number of carbonyl (C=O) groups is 3. The Bertz CT molecular complexity index is 1080. The first-order chi connectivity index (χ1) is 15.1. The molecular formula is C22H20N4O4S. The second-order valence-electron chi connectivity index (χ2n) is 6.13. The van der Waals surface area contributed by atoms with Gasteiger partial charge in [-0.1, -0.05) is 18.2 Å². The lowest BCUT2D eigenvalue weighted by atomic mass is 10.1. The van der Waals surface area contributed by atoms with Gasteiger partial charge in [0.1, 0.15) is 5.75 Å². The van der Waals surface area contributed by atoms with Crippen molar-refractivity contribution >= 4 is 46.6 Å². The summed E-state index contributed by atoms with van der Waals surface area (Å²) in [5, 5.41) is 10.8. The topological polar surface area (TPSA) is 109 Å². The molecule has 0 fully saturated rings. The van der Waals surface area contributed by atoms with E-state index in [4.69, 9.17) is 4.74 Å². The van der Waals surface area contributed by atoms with Crippen LogP contribution in [0.3, 0.4) is 0 Å². The van der Waals surface area contributed by atoms with Crippen molar-refractivity contribution in [1.82, 2.24) is 5.43 Å². The van der Waals surface area contributed by atoms with Crippen molar-refractivity contribution in [3.63, 3.8) is 0 Å². The van der Waals surface area contributed by atoms with Gasteiger partial charge in [0.2, 0.25) is 0 Å². The Morgan fingerprint density at radius 1 is 0.968 bits per heavy atom. The highest BCUT2D eigenvalue weighted by Gasteiger charge is 2.17. The Morgan fingerprint density at radius 2 is 1.74 bits per heavy atom. The molecule has 0 saturated heterocycles. The van der Waals surface area contributed by atoms with E-state index in [9.17, 15) is 14.4 Å². The summed E-state index contributed by atoms with van der Waals surface area (Å²) in [5.74, 6) is -1.63. The van der Waals surface area contributed by atoms with Gasteiger partial charge in [0.25, 0.3) is 5.91 Å². The number of hydrazone groups is 1. The van der Waals surface area contributed by atoms with Crippen LogP contribution in [0.5, 0.6) is 5.75 Å². The van der Waals surface area contributed by atoms with E-state index in [1.54, 1.807) is 42.5 Å². The Morgan fingerprint density at radius 3 is 2.45 bits per heavy atom. The molecule has 1 aromatic heterocycles. The fourth-order valence-corrected chi connectivity index (χ4v) is 3.12. The highest BCUT2D eigenvalue weighted by atomic mass is 32.1. The number of hydrogen-bond donors (Lipinski definition) is 3. The molecule has 0 aliphatic rings. The van der Waals surface area contributed by atoms with Gasteiger partial charge in [0.15, 0.2) is 0 Å². The zero-order valence-corrected chi connectivity index (χ0v) is 17.4. The zero-order chi connectivity index (χ0) is 22.1. The van der Waals surface area contributed by atoms with Gasteiger partial charge >= 0.3 is 11.8 Å². The van der Waals surface area contributed by atoms with Crippen LogP contribution in [0.25, 0.3) is 0 Å². The lowest BCUT2D eigenvalue weighted by Gasteiger charge is -2.11. The number of para-hydroxylation sites is 1. The maximum absolute atomic E-state index is 12.7. The highest BCUT2D eigenvalue weighted by Crippen LogP contribution is 2.19. The molecule has 0 saturated carbocycles. The number of anilines is 2. The lowest BCUT2D eigenvalue weighted by Crippen LogP contribution is -2.33. The van der Waals surface area contributed by atoms with Gasteiger partial charge in [-0.25, -0.2) is 5.43 Å². The average molecular weight is 436 g/mol. The van der Waals surface area contributed by atoms with Gasteiger partial charge in [-0.05, 0) is 54.8 Å². The number of rotatable bonds is 7. The summed E-state index contributed by atoms with van der Waals surface area (Å²) >= 11 is 1.44. The fraction of sp³-hybridized carbons (Fsp3) is 0.0909. The quantitative estimate of drug-likeness (QED) is 0.299. The van der Waals surface area contributed by atoms with Crippen LogP contribution in [-0.4, -0.2) is 30.5 Å². The molecule has 0 atom stereocenters. The summed E-state index contributed by atoms with van der Waals surface area (Å²) in [4.78, 5) is 37.7. The summed E-state index contributed by atoms with van der Waals surface area (Å²) in [6.07, 6.45) is 1.44. The lowest BCUT2D eigenvalue weighted by molar-refractivity contribution is -0.136. The molecular weight excluding hydrogens is 416 g/mol. The minimum atomic E-state index is -0.950. The molecule has 9 heteroatoms. The molecule has 2 aromatic carbocycles. The number of nitrogens with zero attached hydrogens (tertiary/aromatic N) is 1. The standard InChI is InChI=1S/C22H20N4O4S/c1-2-30-16-11-9-15(10-12-16)24-20(27)18-7-3-4-8-19(18)25-21(28)22(29)26-23-14-17-6-5-13-31-17/h3-14H,2H2,1H3,(H,24,27)(H,25,28)(H,26,29). The number of nitrogens with one attached hydrogen (secondary N) is 3. The predicted molar refractivity (Wildman–Crippen MR) is 121 cm³/mol. The van der Waals surface area contributed by atoms with Gasteiger partial charge < -0.3 is 15.4 Å². The number of ether oxygens (including phenoxy) is 1. The summed E-state index contributed by atoms with van der Waals surface area (Å²) in [6, 6.07) is 17.0. The highest BCUT2D eigenvalue weighted by molar-refractivity contribution is 7.11. The molecule has 0 aliphatic heterocycles. The number of benzene rings is 2. The third kappa shape index (κ3) is 6.25.